The predicted octanol–water partition coefficient (Wildman–Crippen LogP) is 2.91. The summed E-state index contributed by atoms with van der Waals surface area (Å²) in [7, 11) is 0. The average Bonchev–Trinajstić information content (AvgIpc) is 3.26. The molecule has 0 spiro atoms. The van der Waals surface area contributed by atoms with Crippen molar-refractivity contribution < 1.29 is 14.3 Å². The van der Waals surface area contributed by atoms with Crippen LogP contribution in [0.4, 0.5) is 5.69 Å². The molecule has 3 rings (SSSR count). The van der Waals surface area contributed by atoms with Gasteiger partial charge in [0.2, 0.25) is 0 Å². The van der Waals surface area contributed by atoms with Crippen LogP contribution < -0.4 is 10.6 Å². The second kappa shape index (κ2) is 7.39. The molecule has 1 aromatic heterocycles. The van der Waals surface area contributed by atoms with Crippen molar-refractivity contribution in [3.63, 3.8) is 0 Å². The lowest BCUT2D eigenvalue weighted by atomic mass is 10.2. The number of benzene rings is 1. The number of carbonyl (C=O) groups is 2. The third-order valence-electron chi connectivity index (χ3n) is 3.66. The standard InChI is InChI=1S/C17H18N2O3S/c20-16(18-11-14-3-1-9-22-14)12-5-7-13(8-6-12)19-17(21)15-4-2-10-23-15/h2,4-8,10,14H,1,3,9,11H2,(H,18,20)(H,19,21)/t14-/m0/s1. The van der Waals surface area contributed by atoms with Gasteiger partial charge < -0.3 is 15.4 Å². The molecule has 1 aliphatic heterocycles. The highest BCUT2D eigenvalue weighted by Crippen LogP contribution is 2.15. The van der Waals surface area contributed by atoms with Gasteiger partial charge in [0, 0.05) is 24.4 Å². The van der Waals surface area contributed by atoms with Gasteiger partial charge in [0.05, 0.1) is 11.0 Å². The summed E-state index contributed by atoms with van der Waals surface area (Å²) in [5.74, 6) is -0.271. The van der Waals surface area contributed by atoms with Gasteiger partial charge in [-0.3, -0.25) is 9.59 Å². The van der Waals surface area contributed by atoms with Crippen LogP contribution >= 0.6 is 11.3 Å². The number of rotatable bonds is 5. The van der Waals surface area contributed by atoms with Crippen LogP contribution in [0.15, 0.2) is 41.8 Å². The average molecular weight is 330 g/mol. The highest BCUT2D eigenvalue weighted by Gasteiger charge is 2.16. The molecule has 1 saturated heterocycles. The van der Waals surface area contributed by atoms with E-state index < -0.39 is 0 Å². The van der Waals surface area contributed by atoms with Crippen molar-refractivity contribution in [3.8, 4) is 0 Å². The maximum absolute atomic E-state index is 12.1. The molecule has 120 valence electrons. The molecule has 5 nitrogen and oxygen atoms in total. The fourth-order valence-electron chi connectivity index (χ4n) is 2.42. The fraction of sp³-hybridized carbons (Fsp3) is 0.294. The maximum Gasteiger partial charge on any atom is 0.265 e. The Morgan fingerprint density at radius 1 is 1.17 bits per heavy atom. The second-order valence-electron chi connectivity index (χ2n) is 5.35. The Hall–Kier alpha value is -2.18. The highest BCUT2D eigenvalue weighted by molar-refractivity contribution is 7.12. The van der Waals surface area contributed by atoms with E-state index in [1.54, 1.807) is 30.3 Å². The number of amides is 2. The number of hydrogen-bond donors (Lipinski definition) is 2. The molecule has 1 aliphatic rings. The van der Waals surface area contributed by atoms with Crippen molar-refractivity contribution in [2.45, 2.75) is 18.9 Å². The van der Waals surface area contributed by atoms with E-state index in [0.29, 0.717) is 22.7 Å². The van der Waals surface area contributed by atoms with E-state index in [0.717, 1.165) is 19.4 Å². The first-order valence-electron chi connectivity index (χ1n) is 7.57. The lowest BCUT2D eigenvalue weighted by molar-refractivity contribution is 0.0857. The van der Waals surface area contributed by atoms with Crippen LogP contribution in [0.1, 0.15) is 32.9 Å². The van der Waals surface area contributed by atoms with E-state index in [4.69, 9.17) is 4.74 Å². The minimum Gasteiger partial charge on any atom is -0.376 e. The zero-order valence-electron chi connectivity index (χ0n) is 12.6. The summed E-state index contributed by atoms with van der Waals surface area (Å²) < 4.78 is 5.48. The van der Waals surface area contributed by atoms with Gasteiger partial charge in [0.15, 0.2) is 0 Å². The van der Waals surface area contributed by atoms with Crippen LogP contribution in [0.5, 0.6) is 0 Å². The van der Waals surface area contributed by atoms with Gasteiger partial charge >= 0.3 is 0 Å². The molecule has 0 radical (unpaired) electrons. The molecule has 1 atom stereocenters. The molecular weight excluding hydrogens is 312 g/mol. The van der Waals surface area contributed by atoms with E-state index in [1.807, 2.05) is 11.4 Å². The SMILES string of the molecule is O=C(NC[C@@H]1CCCO1)c1ccc(NC(=O)c2cccs2)cc1. The molecule has 0 unspecified atom stereocenters. The summed E-state index contributed by atoms with van der Waals surface area (Å²) >= 11 is 1.39. The number of anilines is 1. The van der Waals surface area contributed by atoms with Crippen molar-refractivity contribution >= 4 is 28.8 Å². The molecule has 1 fully saturated rings. The van der Waals surface area contributed by atoms with Crippen molar-refractivity contribution in [2.24, 2.45) is 0 Å². The first kappa shape index (κ1) is 15.7. The molecule has 2 N–H and O–H groups in total. The smallest absolute Gasteiger partial charge is 0.265 e. The summed E-state index contributed by atoms with van der Waals surface area (Å²) in [6.07, 6.45) is 2.18. The lowest BCUT2D eigenvalue weighted by Crippen LogP contribution is -2.31. The Morgan fingerprint density at radius 2 is 2.00 bits per heavy atom. The van der Waals surface area contributed by atoms with Crippen LogP contribution in [0.3, 0.4) is 0 Å². The van der Waals surface area contributed by atoms with Crippen LogP contribution in [0.25, 0.3) is 0 Å². The van der Waals surface area contributed by atoms with Crippen molar-refractivity contribution in [2.75, 3.05) is 18.5 Å². The fourth-order valence-corrected chi connectivity index (χ4v) is 3.04. The molecule has 0 saturated carbocycles. The summed E-state index contributed by atoms with van der Waals surface area (Å²) in [5.41, 5.74) is 1.23. The molecule has 23 heavy (non-hydrogen) atoms. The molecule has 0 aliphatic carbocycles. The van der Waals surface area contributed by atoms with Crippen molar-refractivity contribution in [3.05, 3.63) is 52.2 Å². The number of carbonyl (C=O) groups excluding carboxylic acids is 2. The Balaban J connectivity index is 1.53. The Labute approximate surface area is 138 Å². The molecule has 2 amide bonds. The first-order valence-corrected chi connectivity index (χ1v) is 8.45. The minimum absolute atomic E-state index is 0.128. The molecule has 1 aromatic carbocycles. The summed E-state index contributed by atoms with van der Waals surface area (Å²) in [5, 5.41) is 7.54. The van der Waals surface area contributed by atoms with Gasteiger partial charge in [-0.25, -0.2) is 0 Å². The quantitative estimate of drug-likeness (QED) is 0.886. The largest absolute Gasteiger partial charge is 0.376 e. The van der Waals surface area contributed by atoms with Crippen LogP contribution in [0, 0.1) is 0 Å². The van der Waals surface area contributed by atoms with Crippen LogP contribution in [-0.4, -0.2) is 31.1 Å². The molecule has 2 aromatic rings. The topological polar surface area (TPSA) is 67.4 Å². The first-order chi connectivity index (χ1) is 11.2. The highest BCUT2D eigenvalue weighted by atomic mass is 32.1. The normalized spacial score (nSPS) is 17.0. The Morgan fingerprint density at radius 3 is 2.65 bits per heavy atom. The number of ether oxygens (including phenoxy) is 1. The zero-order valence-corrected chi connectivity index (χ0v) is 13.4. The molecular formula is C17H18N2O3S. The van der Waals surface area contributed by atoms with Gasteiger partial charge in [0.25, 0.3) is 11.8 Å². The van der Waals surface area contributed by atoms with Gasteiger partial charge in [-0.05, 0) is 48.6 Å². The number of thiophene rings is 1. The van der Waals surface area contributed by atoms with Gasteiger partial charge in [-0.2, -0.15) is 0 Å². The van der Waals surface area contributed by atoms with Crippen molar-refractivity contribution in [1.82, 2.24) is 5.32 Å². The Kier molecular flexibility index (Phi) is 5.05. The monoisotopic (exact) mass is 330 g/mol. The molecule has 6 heteroatoms. The predicted molar refractivity (Wildman–Crippen MR) is 90.0 cm³/mol. The van der Waals surface area contributed by atoms with E-state index in [2.05, 4.69) is 10.6 Å². The van der Waals surface area contributed by atoms with Gasteiger partial charge in [-0.1, -0.05) is 6.07 Å². The van der Waals surface area contributed by atoms with E-state index >= 15 is 0 Å². The maximum atomic E-state index is 12.1. The Bertz CT molecular complexity index is 662. The molecule has 0 bridgehead atoms. The number of hydrogen-bond acceptors (Lipinski definition) is 4. The molecule has 2 heterocycles. The van der Waals surface area contributed by atoms with Gasteiger partial charge in [-0.15, -0.1) is 11.3 Å². The third kappa shape index (κ3) is 4.18. The van der Waals surface area contributed by atoms with E-state index in [1.165, 1.54) is 11.3 Å². The lowest BCUT2D eigenvalue weighted by Gasteiger charge is -2.11. The zero-order chi connectivity index (χ0) is 16.1. The third-order valence-corrected chi connectivity index (χ3v) is 4.53. The number of nitrogens with one attached hydrogen (secondary N) is 2. The summed E-state index contributed by atoms with van der Waals surface area (Å²) in [6, 6.07) is 10.5. The summed E-state index contributed by atoms with van der Waals surface area (Å²) in [4.78, 5) is 24.7. The summed E-state index contributed by atoms with van der Waals surface area (Å²) in [6.45, 7) is 1.31. The van der Waals surface area contributed by atoms with Crippen LogP contribution in [0.2, 0.25) is 0 Å². The minimum atomic E-state index is -0.143. The van der Waals surface area contributed by atoms with E-state index in [9.17, 15) is 9.59 Å². The van der Waals surface area contributed by atoms with Gasteiger partial charge in [0.1, 0.15) is 0 Å². The second-order valence-corrected chi connectivity index (χ2v) is 6.30. The van der Waals surface area contributed by atoms with Crippen molar-refractivity contribution in [1.29, 1.82) is 0 Å². The van der Waals surface area contributed by atoms with Crippen LogP contribution in [-0.2, 0) is 4.74 Å². The van der Waals surface area contributed by atoms with E-state index in [-0.39, 0.29) is 17.9 Å².